The van der Waals surface area contributed by atoms with Gasteiger partial charge in [0.05, 0.1) is 31.4 Å². The van der Waals surface area contributed by atoms with E-state index < -0.39 is 15.4 Å². The first-order valence-electron chi connectivity index (χ1n) is 17.6. The minimum Gasteiger partial charge on any atom is -0.497 e. The minimum atomic E-state index is -4.02. The quantitative estimate of drug-likeness (QED) is 0.121. The van der Waals surface area contributed by atoms with E-state index in [1.54, 1.807) is 32.4 Å². The van der Waals surface area contributed by atoms with Gasteiger partial charge in [0.2, 0.25) is 10.0 Å². The van der Waals surface area contributed by atoms with Crippen LogP contribution in [0.4, 0.5) is 5.69 Å². The molecule has 3 atom stereocenters. The van der Waals surface area contributed by atoms with Gasteiger partial charge < -0.3 is 23.9 Å². The lowest BCUT2D eigenvalue weighted by atomic mass is 9.73. The Bertz CT molecular complexity index is 1890. The fraction of sp³-hybridized carbons (Fsp3) is 0.390. The largest absolute Gasteiger partial charge is 0.497 e. The van der Waals surface area contributed by atoms with Crippen LogP contribution < -0.4 is 19.1 Å². The molecule has 0 aromatic heterocycles. The van der Waals surface area contributed by atoms with Crippen molar-refractivity contribution in [3.05, 3.63) is 112 Å². The van der Waals surface area contributed by atoms with E-state index in [1.807, 2.05) is 60.7 Å². The molecular formula is C41H47ClN2O6S. The van der Waals surface area contributed by atoms with Crippen LogP contribution in [0.25, 0.3) is 0 Å². The number of aryl methyl sites for hydroxylation is 1. The summed E-state index contributed by atoms with van der Waals surface area (Å²) in [5.41, 5.74) is 4.31. The van der Waals surface area contributed by atoms with Gasteiger partial charge in [-0.1, -0.05) is 62.2 Å². The molecule has 0 bridgehead atoms. The van der Waals surface area contributed by atoms with Crippen LogP contribution in [0.15, 0.2) is 89.8 Å². The molecule has 4 aromatic carbocycles. The Labute approximate surface area is 307 Å². The summed E-state index contributed by atoms with van der Waals surface area (Å²) in [4.78, 5) is 14.4. The predicted octanol–water partition coefficient (Wildman–Crippen LogP) is 8.08. The summed E-state index contributed by atoms with van der Waals surface area (Å²) in [5.74, 6) is 2.20. The number of benzene rings is 4. The molecule has 0 saturated heterocycles. The lowest BCUT2D eigenvalue weighted by molar-refractivity contribution is -0.115. The third kappa shape index (κ3) is 8.06. The summed E-state index contributed by atoms with van der Waals surface area (Å²) < 4.78 is 48.2. The summed E-state index contributed by atoms with van der Waals surface area (Å²) in [6.07, 6.45) is 4.75. The highest BCUT2D eigenvalue weighted by Crippen LogP contribution is 2.43. The molecule has 0 radical (unpaired) electrons. The third-order valence-corrected chi connectivity index (χ3v) is 12.4. The predicted molar refractivity (Wildman–Crippen MR) is 202 cm³/mol. The molecule has 1 fully saturated rings. The fourth-order valence-electron chi connectivity index (χ4n) is 7.30. The maximum atomic E-state index is 14.7. The van der Waals surface area contributed by atoms with E-state index in [1.165, 1.54) is 15.4 Å². The van der Waals surface area contributed by atoms with Crippen molar-refractivity contribution < 1.29 is 27.4 Å². The van der Waals surface area contributed by atoms with Crippen molar-refractivity contribution in [1.29, 1.82) is 0 Å². The second-order valence-electron chi connectivity index (χ2n) is 14.0. The Morgan fingerprint density at radius 2 is 1.57 bits per heavy atom. The number of anilines is 1. The van der Waals surface area contributed by atoms with Crippen LogP contribution in [0.1, 0.15) is 55.4 Å². The van der Waals surface area contributed by atoms with Crippen LogP contribution in [0.3, 0.4) is 0 Å². The highest BCUT2D eigenvalue weighted by Gasteiger charge is 2.40. The molecule has 51 heavy (non-hydrogen) atoms. The first kappa shape index (κ1) is 36.7. The molecule has 0 spiro atoms. The molecule has 1 aliphatic carbocycles. The Hall–Kier alpha value is -4.05. The van der Waals surface area contributed by atoms with Crippen molar-refractivity contribution >= 4 is 33.6 Å². The summed E-state index contributed by atoms with van der Waals surface area (Å²) in [7, 11) is -0.807. The van der Waals surface area contributed by atoms with Gasteiger partial charge in [0, 0.05) is 42.5 Å². The van der Waals surface area contributed by atoms with Crippen LogP contribution in [0.5, 0.6) is 17.2 Å². The molecule has 6 rings (SSSR count). The highest BCUT2D eigenvalue weighted by molar-refractivity contribution is 7.89. The number of carbonyl (C=O) groups is 1. The zero-order chi connectivity index (χ0) is 36.2. The highest BCUT2D eigenvalue weighted by atomic mass is 35.5. The van der Waals surface area contributed by atoms with Gasteiger partial charge in [0.15, 0.2) is 0 Å². The van der Waals surface area contributed by atoms with Crippen molar-refractivity contribution in [1.82, 2.24) is 4.31 Å². The number of ether oxygens (including phenoxy) is 3. The average Bonchev–Trinajstić information content (AvgIpc) is 3.26. The van der Waals surface area contributed by atoms with E-state index >= 15 is 0 Å². The molecule has 8 nitrogen and oxygen atoms in total. The summed E-state index contributed by atoms with van der Waals surface area (Å²) in [5, 5.41) is 0.701. The van der Waals surface area contributed by atoms with Crippen molar-refractivity contribution in [2.24, 2.45) is 11.8 Å². The average molecular weight is 731 g/mol. The monoisotopic (exact) mass is 730 g/mol. The number of rotatable bonds is 14. The maximum absolute atomic E-state index is 14.7. The zero-order valence-corrected chi connectivity index (χ0v) is 31.4. The molecule has 0 amide bonds. The minimum absolute atomic E-state index is 0.00791. The smallest absolute Gasteiger partial charge is 0.243 e. The van der Waals surface area contributed by atoms with E-state index in [2.05, 4.69) is 24.8 Å². The summed E-state index contributed by atoms with van der Waals surface area (Å²) >= 11 is 6.47. The number of nitrogens with zero attached hydrogens (tertiary/aromatic N) is 2. The summed E-state index contributed by atoms with van der Waals surface area (Å²) in [6, 6.07) is 26.2. The van der Waals surface area contributed by atoms with Gasteiger partial charge in [-0.15, -0.1) is 0 Å². The molecule has 1 saturated carbocycles. The van der Waals surface area contributed by atoms with E-state index in [0.29, 0.717) is 42.0 Å². The Balaban J connectivity index is 1.39. The molecule has 10 heteroatoms. The number of aldehydes is 1. The van der Waals surface area contributed by atoms with Crippen LogP contribution in [-0.4, -0.2) is 52.9 Å². The van der Waals surface area contributed by atoms with E-state index in [9.17, 15) is 13.2 Å². The summed E-state index contributed by atoms with van der Waals surface area (Å²) in [6.45, 7) is 6.30. The van der Waals surface area contributed by atoms with Crippen LogP contribution in [0, 0.1) is 11.8 Å². The van der Waals surface area contributed by atoms with E-state index in [4.69, 9.17) is 25.8 Å². The van der Waals surface area contributed by atoms with Gasteiger partial charge >= 0.3 is 0 Å². The van der Waals surface area contributed by atoms with Crippen LogP contribution in [-0.2, 0) is 39.7 Å². The van der Waals surface area contributed by atoms with E-state index in [0.717, 1.165) is 48.8 Å². The van der Waals surface area contributed by atoms with Gasteiger partial charge in [-0.3, -0.25) is 0 Å². The van der Waals surface area contributed by atoms with Gasteiger partial charge in [-0.25, -0.2) is 8.42 Å². The van der Waals surface area contributed by atoms with Crippen molar-refractivity contribution in [3.8, 4) is 17.2 Å². The number of hydrogen-bond donors (Lipinski definition) is 0. The first-order valence-corrected chi connectivity index (χ1v) is 19.4. The van der Waals surface area contributed by atoms with Crippen molar-refractivity contribution in [2.45, 2.75) is 62.9 Å². The van der Waals surface area contributed by atoms with Crippen molar-refractivity contribution in [3.63, 3.8) is 0 Å². The molecule has 270 valence electrons. The molecule has 1 heterocycles. The normalized spacial score (nSPS) is 20.2. The molecular weight excluding hydrogens is 684 g/mol. The molecule has 1 aliphatic heterocycles. The molecule has 0 N–H and O–H groups in total. The second kappa shape index (κ2) is 15.7. The van der Waals surface area contributed by atoms with Gasteiger partial charge in [-0.05, 0) is 102 Å². The number of hydrogen-bond acceptors (Lipinski definition) is 7. The number of halogens is 1. The van der Waals surface area contributed by atoms with Gasteiger partial charge in [0.25, 0.3) is 0 Å². The first-order chi connectivity index (χ1) is 24.6. The maximum Gasteiger partial charge on any atom is 0.243 e. The van der Waals surface area contributed by atoms with Crippen molar-refractivity contribution in [2.75, 3.05) is 38.8 Å². The standard InChI is InChI=1S/C41H47ClN2O6S/c1-5-6-31-21-34(42)13-19-38(31)41(2)27-43(25-32-11-12-33(32)26-45)39-22-37(18-20-40(39)50-28-41)51(46,47)44(23-29-7-14-35(48-3)15-8-29)24-30-9-16-36(49-4)17-10-30/h7-10,13-22,26,32-33H,5-6,11-12,23-25,27-28H2,1-4H3/t32-,33-,41-/m0/s1. The Morgan fingerprint density at radius 3 is 2.12 bits per heavy atom. The zero-order valence-electron chi connectivity index (χ0n) is 29.8. The second-order valence-corrected chi connectivity index (χ2v) is 16.4. The van der Waals surface area contributed by atoms with Crippen LogP contribution >= 0.6 is 11.6 Å². The topological polar surface area (TPSA) is 85.4 Å². The fourth-order valence-corrected chi connectivity index (χ4v) is 8.93. The lowest BCUT2D eigenvalue weighted by Gasteiger charge is -2.41. The number of fused-ring (bicyclic) bond motifs is 1. The molecule has 0 unspecified atom stereocenters. The molecule has 4 aromatic rings. The van der Waals surface area contributed by atoms with Gasteiger partial charge in [-0.2, -0.15) is 4.31 Å². The number of sulfonamides is 1. The number of methoxy groups -OCH3 is 2. The number of carbonyl (C=O) groups excluding carboxylic acids is 1. The third-order valence-electron chi connectivity index (χ3n) is 10.4. The van der Waals surface area contributed by atoms with Crippen LogP contribution in [0.2, 0.25) is 5.02 Å². The molecule has 2 aliphatic rings. The Kier molecular flexibility index (Phi) is 11.3. The van der Waals surface area contributed by atoms with E-state index in [-0.39, 0.29) is 29.8 Å². The van der Waals surface area contributed by atoms with Gasteiger partial charge in [0.1, 0.15) is 23.5 Å². The SMILES string of the molecule is CCCc1cc(Cl)ccc1[C@]1(C)COc2ccc(S(=O)(=O)N(Cc3ccc(OC)cc3)Cc3ccc(OC)cc3)cc2N(C[C@@H]2CC[C@H]2C=O)C1. The lowest BCUT2D eigenvalue weighted by Crippen LogP contribution is -2.46. The Morgan fingerprint density at radius 1 is 0.922 bits per heavy atom.